The van der Waals surface area contributed by atoms with Gasteiger partial charge in [0.05, 0.1) is 18.7 Å². The molecule has 1 aromatic heterocycles. The minimum Gasteiger partial charge on any atom is -0.497 e. The molecule has 25 heavy (non-hydrogen) atoms. The molecule has 0 aliphatic heterocycles. The Morgan fingerprint density at radius 3 is 2.88 bits per heavy atom. The molecule has 0 saturated heterocycles. The molecule has 2 aromatic rings. The first-order chi connectivity index (χ1) is 12.0. The van der Waals surface area contributed by atoms with Crippen molar-refractivity contribution < 1.29 is 9.84 Å². The van der Waals surface area contributed by atoms with Gasteiger partial charge in [-0.2, -0.15) is 4.98 Å². The van der Waals surface area contributed by atoms with Crippen LogP contribution in [0.4, 0.5) is 11.8 Å². The van der Waals surface area contributed by atoms with E-state index in [2.05, 4.69) is 21.9 Å². The lowest BCUT2D eigenvalue weighted by Crippen LogP contribution is -2.28. The van der Waals surface area contributed by atoms with Crippen LogP contribution in [0.3, 0.4) is 0 Å². The van der Waals surface area contributed by atoms with Gasteiger partial charge in [-0.05, 0) is 31.0 Å². The average molecular weight is 345 g/mol. The topological polar surface area (TPSA) is 96.5 Å². The second-order valence-corrected chi connectivity index (χ2v) is 5.94. The molecule has 2 rings (SSSR count). The summed E-state index contributed by atoms with van der Waals surface area (Å²) in [6, 6.07) is 5.57. The SMILES string of the molecule is C=C(NCCCN(C)c1nc(N)c2cc(OC)ccc2n1)C(O)CC. The first-order valence-corrected chi connectivity index (χ1v) is 8.39. The van der Waals surface area contributed by atoms with Crippen molar-refractivity contribution >= 4 is 22.7 Å². The van der Waals surface area contributed by atoms with E-state index in [4.69, 9.17) is 10.5 Å². The zero-order valence-electron chi connectivity index (χ0n) is 15.1. The van der Waals surface area contributed by atoms with E-state index in [0.717, 1.165) is 36.2 Å². The molecule has 0 radical (unpaired) electrons. The standard InChI is InChI=1S/C18H27N5O2/c1-5-16(24)12(2)20-9-6-10-23(3)18-21-15-8-7-13(25-4)11-14(15)17(19)22-18/h7-8,11,16,20,24H,2,5-6,9-10H2,1,3-4H3,(H2,19,21,22). The van der Waals surface area contributed by atoms with Crippen molar-refractivity contribution in [1.29, 1.82) is 0 Å². The molecule has 1 unspecified atom stereocenters. The van der Waals surface area contributed by atoms with Gasteiger partial charge in [-0.3, -0.25) is 0 Å². The lowest BCUT2D eigenvalue weighted by atomic mass is 10.2. The summed E-state index contributed by atoms with van der Waals surface area (Å²) < 4.78 is 5.21. The molecule has 0 bridgehead atoms. The quantitative estimate of drug-likeness (QED) is 0.597. The van der Waals surface area contributed by atoms with Crippen molar-refractivity contribution in [3.8, 4) is 5.75 Å². The molecule has 0 saturated carbocycles. The number of aromatic nitrogens is 2. The number of aliphatic hydroxyl groups is 1. The van der Waals surface area contributed by atoms with E-state index >= 15 is 0 Å². The zero-order valence-corrected chi connectivity index (χ0v) is 15.1. The molecule has 1 atom stereocenters. The van der Waals surface area contributed by atoms with Gasteiger partial charge in [0, 0.05) is 31.2 Å². The minimum atomic E-state index is -0.502. The third-order valence-corrected chi connectivity index (χ3v) is 4.07. The van der Waals surface area contributed by atoms with E-state index in [0.29, 0.717) is 23.9 Å². The smallest absolute Gasteiger partial charge is 0.227 e. The molecule has 0 amide bonds. The Labute approximate surface area is 148 Å². The molecule has 0 aliphatic carbocycles. The van der Waals surface area contributed by atoms with E-state index in [1.54, 1.807) is 7.11 Å². The molecular weight excluding hydrogens is 318 g/mol. The van der Waals surface area contributed by atoms with Crippen LogP contribution in [0.15, 0.2) is 30.5 Å². The Hall–Kier alpha value is -2.54. The number of methoxy groups -OCH3 is 1. The van der Waals surface area contributed by atoms with Crippen LogP contribution >= 0.6 is 0 Å². The van der Waals surface area contributed by atoms with Crippen LogP contribution in [0.1, 0.15) is 19.8 Å². The molecule has 7 heteroatoms. The maximum absolute atomic E-state index is 9.67. The number of ether oxygens (including phenoxy) is 1. The highest BCUT2D eigenvalue weighted by atomic mass is 16.5. The van der Waals surface area contributed by atoms with Crippen molar-refractivity contribution in [3.05, 3.63) is 30.5 Å². The molecule has 0 fully saturated rings. The normalized spacial score (nSPS) is 12.0. The van der Waals surface area contributed by atoms with E-state index in [9.17, 15) is 5.11 Å². The van der Waals surface area contributed by atoms with Gasteiger partial charge in [0.15, 0.2) is 0 Å². The maximum Gasteiger partial charge on any atom is 0.227 e. The van der Waals surface area contributed by atoms with Crippen molar-refractivity contribution in [2.24, 2.45) is 0 Å². The second-order valence-electron chi connectivity index (χ2n) is 5.94. The Morgan fingerprint density at radius 1 is 1.44 bits per heavy atom. The summed E-state index contributed by atoms with van der Waals surface area (Å²) in [5.74, 6) is 1.75. The fourth-order valence-corrected chi connectivity index (χ4v) is 2.45. The summed E-state index contributed by atoms with van der Waals surface area (Å²) in [5.41, 5.74) is 7.52. The Kier molecular flexibility index (Phi) is 6.41. The molecule has 4 N–H and O–H groups in total. The summed E-state index contributed by atoms with van der Waals surface area (Å²) in [4.78, 5) is 10.9. The summed E-state index contributed by atoms with van der Waals surface area (Å²) in [6.07, 6.45) is 1.01. The van der Waals surface area contributed by atoms with Crippen LogP contribution in [0.5, 0.6) is 5.75 Å². The first kappa shape index (κ1) is 18.8. The average Bonchev–Trinajstić information content (AvgIpc) is 2.63. The van der Waals surface area contributed by atoms with Gasteiger partial charge in [0.25, 0.3) is 0 Å². The Bertz CT molecular complexity index is 735. The number of anilines is 2. The number of rotatable bonds is 9. The van der Waals surface area contributed by atoms with Gasteiger partial charge >= 0.3 is 0 Å². The predicted molar refractivity (Wildman–Crippen MR) is 102 cm³/mol. The fourth-order valence-electron chi connectivity index (χ4n) is 2.45. The lowest BCUT2D eigenvalue weighted by molar-refractivity contribution is 0.198. The van der Waals surface area contributed by atoms with Crippen molar-refractivity contribution in [2.45, 2.75) is 25.9 Å². The van der Waals surface area contributed by atoms with Crippen LogP contribution < -0.4 is 20.7 Å². The van der Waals surface area contributed by atoms with E-state index in [-0.39, 0.29) is 0 Å². The molecule has 7 nitrogen and oxygen atoms in total. The van der Waals surface area contributed by atoms with E-state index in [1.807, 2.05) is 37.1 Å². The lowest BCUT2D eigenvalue weighted by Gasteiger charge is -2.19. The van der Waals surface area contributed by atoms with Gasteiger partial charge in [-0.1, -0.05) is 13.5 Å². The van der Waals surface area contributed by atoms with Crippen LogP contribution in [-0.4, -0.2) is 48.4 Å². The highest BCUT2D eigenvalue weighted by Gasteiger charge is 2.10. The monoisotopic (exact) mass is 345 g/mol. The highest BCUT2D eigenvalue weighted by Crippen LogP contribution is 2.25. The second kappa shape index (κ2) is 8.53. The third-order valence-electron chi connectivity index (χ3n) is 4.07. The van der Waals surface area contributed by atoms with Crippen LogP contribution in [0.25, 0.3) is 10.9 Å². The third kappa shape index (κ3) is 4.73. The highest BCUT2D eigenvalue weighted by molar-refractivity contribution is 5.90. The summed E-state index contributed by atoms with van der Waals surface area (Å²) in [5, 5.41) is 13.6. The van der Waals surface area contributed by atoms with Crippen LogP contribution in [0, 0.1) is 0 Å². The number of hydrogen-bond donors (Lipinski definition) is 3. The van der Waals surface area contributed by atoms with Gasteiger partial charge in [0.1, 0.15) is 11.6 Å². The van der Waals surface area contributed by atoms with Crippen molar-refractivity contribution in [2.75, 3.05) is 37.9 Å². The number of nitrogens with two attached hydrogens (primary N) is 1. The number of benzene rings is 1. The first-order valence-electron chi connectivity index (χ1n) is 8.39. The molecule has 1 aromatic carbocycles. The van der Waals surface area contributed by atoms with Crippen LogP contribution in [0.2, 0.25) is 0 Å². The summed E-state index contributed by atoms with van der Waals surface area (Å²) in [7, 11) is 3.54. The fraction of sp³-hybridized carbons (Fsp3) is 0.444. The van der Waals surface area contributed by atoms with Crippen LogP contribution in [-0.2, 0) is 0 Å². The van der Waals surface area contributed by atoms with E-state index in [1.165, 1.54) is 0 Å². The number of aliphatic hydroxyl groups excluding tert-OH is 1. The number of hydrogen-bond acceptors (Lipinski definition) is 7. The number of nitrogen functional groups attached to an aromatic ring is 1. The van der Waals surface area contributed by atoms with E-state index < -0.39 is 6.10 Å². The van der Waals surface area contributed by atoms with Crippen molar-refractivity contribution in [3.63, 3.8) is 0 Å². The largest absolute Gasteiger partial charge is 0.497 e. The number of nitrogens with zero attached hydrogens (tertiary/aromatic N) is 3. The molecule has 1 heterocycles. The zero-order chi connectivity index (χ0) is 18.4. The molecule has 0 aliphatic rings. The number of nitrogens with one attached hydrogen (secondary N) is 1. The van der Waals surface area contributed by atoms with Gasteiger partial charge in [-0.15, -0.1) is 0 Å². The van der Waals surface area contributed by atoms with Crippen molar-refractivity contribution in [1.82, 2.24) is 15.3 Å². The summed E-state index contributed by atoms with van der Waals surface area (Å²) >= 11 is 0. The van der Waals surface area contributed by atoms with Gasteiger partial charge in [0.2, 0.25) is 5.95 Å². The number of fused-ring (bicyclic) bond motifs is 1. The Balaban J connectivity index is 1.97. The molecule has 136 valence electrons. The minimum absolute atomic E-state index is 0.434. The van der Waals surface area contributed by atoms with Gasteiger partial charge in [-0.25, -0.2) is 4.98 Å². The predicted octanol–water partition coefficient (Wildman–Crippen LogP) is 1.92. The Morgan fingerprint density at radius 2 is 2.20 bits per heavy atom. The molecule has 0 spiro atoms. The maximum atomic E-state index is 9.67. The summed E-state index contributed by atoms with van der Waals surface area (Å²) in [6.45, 7) is 7.23. The molecular formula is C18H27N5O2. The van der Waals surface area contributed by atoms with Gasteiger partial charge < -0.3 is 25.8 Å².